The van der Waals surface area contributed by atoms with Gasteiger partial charge in [-0.1, -0.05) is 18.2 Å². The first-order chi connectivity index (χ1) is 19.3. The fourth-order valence-electron chi connectivity index (χ4n) is 6.63. The zero-order valence-corrected chi connectivity index (χ0v) is 23.6. The van der Waals surface area contributed by atoms with Crippen LogP contribution in [-0.4, -0.2) is 59.3 Å². The van der Waals surface area contributed by atoms with Gasteiger partial charge < -0.3 is 13.8 Å². The highest BCUT2D eigenvalue weighted by Crippen LogP contribution is 2.47. The van der Waals surface area contributed by atoms with E-state index in [1.165, 1.54) is 12.5 Å². The molecule has 1 saturated heterocycles. The molecule has 7 heteroatoms. The second-order valence-electron chi connectivity index (χ2n) is 12.0. The first kappa shape index (κ1) is 26.6. The maximum Gasteiger partial charge on any atom is 0.214 e. The molecular formula is C33H38FN4O2+. The van der Waals surface area contributed by atoms with Gasteiger partial charge in [0.2, 0.25) is 5.88 Å². The molecule has 3 atom stereocenters. The Kier molecular flexibility index (Phi) is 7.17. The lowest BCUT2D eigenvalue weighted by Gasteiger charge is -2.45. The Morgan fingerprint density at radius 1 is 1.15 bits per heavy atom. The Hall–Kier alpha value is -3.58. The van der Waals surface area contributed by atoms with Crippen molar-refractivity contribution in [2.24, 2.45) is 22.7 Å². The summed E-state index contributed by atoms with van der Waals surface area (Å²) in [6.45, 7) is 3.88. The van der Waals surface area contributed by atoms with Crippen molar-refractivity contribution in [3.05, 3.63) is 83.9 Å². The smallest absolute Gasteiger partial charge is 0.214 e. The van der Waals surface area contributed by atoms with Gasteiger partial charge in [0.25, 0.3) is 0 Å². The Balaban J connectivity index is 1.14. The van der Waals surface area contributed by atoms with Crippen LogP contribution in [0.3, 0.4) is 0 Å². The summed E-state index contributed by atoms with van der Waals surface area (Å²) in [5, 5.41) is 0. The summed E-state index contributed by atoms with van der Waals surface area (Å²) >= 11 is 0. The number of hydrogen-bond donors (Lipinski definition) is 0. The molecule has 2 aliphatic heterocycles. The average Bonchev–Trinajstić information content (AvgIpc) is 3.64. The first-order valence-electron chi connectivity index (χ1n) is 14.4. The van der Waals surface area contributed by atoms with Crippen molar-refractivity contribution < 1.29 is 18.4 Å². The van der Waals surface area contributed by atoms with E-state index in [-0.39, 0.29) is 18.0 Å². The van der Waals surface area contributed by atoms with Gasteiger partial charge in [0, 0.05) is 60.8 Å². The molecule has 0 spiro atoms. The minimum atomic E-state index is -0.233. The van der Waals surface area contributed by atoms with Crippen LogP contribution in [0.4, 0.5) is 4.39 Å². The Morgan fingerprint density at radius 3 is 2.65 bits per heavy atom. The number of ether oxygens (including phenoxy) is 1. The topological polar surface area (TPSA) is 56.5 Å². The van der Waals surface area contributed by atoms with Crippen LogP contribution < -0.4 is 0 Å². The second-order valence-corrected chi connectivity index (χ2v) is 12.0. The molecule has 2 fully saturated rings. The van der Waals surface area contributed by atoms with Gasteiger partial charge >= 0.3 is 0 Å². The number of carbonyl (C=O) groups is 1. The van der Waals surface area contributed by atoms with Crippen LogP contribution in [0.5, 0.6) is 0 Å². The van der Waals surface area contributed by atoms with Gasteiger partial charge in [-0.3, -0.25) is 4.79 Å². The number of quaternary nitrogens is 1. The average molecular weight is 542 g/mol. The molecule has 1 saturated carbocycles. The lowest BCUT2D eigenvalue weighted by atomic mass is 9.88. The molecule has 3 aromatic rings. The molecule has 0 radical (unpaired) electrons. The number of ketones is 1. The van der Waals surface area contributed by atoms with Crippen LogP contribution in [-0.2, 0) is 16.0 Å². The van der Waals surface area contributed by atoms with Crippen LogP contribution >= 0.6 is 0 Å². The van der Waals surface area contributed by atoms with Gasteiger partial charge in [-0.2, -0.15) is 0 Å². The molecular weight excluding hydrogens is 503 g/mol. The number of nitrogens with zero attached hydrogens (tertiary/aromatic N) is 4. The third-order valence-corrected chi connectivity index (χ3v) is 9.20. The number of para-hydroxylation sites is 1. The summed E-state index contributed by atoms with van der Waals surface area (Å²) < 4.78 is 22.4. The number of aromatic nitrogens is 2. The number of aliphatic imine (C=N–C) groups is 1. The van der Waals surface area contributed by atoms with Crippen molar-refractivity contribution in [2.75, 3.05) is 27.2 Å². The molecule has 3 aliphatic rings. The third-order valence-electron chi connectivity index (χ3n) is 9.20. The van der Waals surface area contributed by atoms with Gasteiger partial charge in [0.05, 0.1) is 39.4 Å². The lowest BCUT2D eigenvalue weighted by molar-refractivity contribution is -0.934. The number of methoxy groups -OCH3 is 1. The molecule has 0 N–H and O–H groups in total. The van der Waals surface area contributed by atoms with E-state index in [9.17, 15) is 9.18 Å². The fourth-order valence-corrected chi connectivity index (χ4v) is 6.63. The van der Waals surface area contributed by atoms with Gasteiger partial charge in [0.1, 0.15) is 23.5 Å². The number of rotatable bonds is 8. The van der Waals surface area contributed by atoms with Gasteiger partial charge in [0.15, 0.2) is 0 Å². The van der Waals surface area contributed by atoms with E-state index in [1.54, 1.807) is 20.1 Å². The van der Waals surface area contributed by atoms with Crippen molar-refractivity contribution in [3.8, 4) is 16.9 Å². The second kappa shape index (κ2) is 10.8. The maximum absolute atomic E-state index is 13.9. The Morgan fingerprint density at radius 2 is 1.93 bits per heavy atom. The minimum Gasteiger partial charge on any atom is -0.481 e. The highest BCUT2D eigenvalue weighted by Gasteiger charge is 2.51. The number of halogens is 1. The number of piperidine rings is 1. The summed E-state index contributed by atoms with van der Waals surface area (Å²) in [5.41, 5.74) is 3.13. The number of likely N-dealkylation sites (tertiary alicyclic amines) is 1. The molecule has 3 heterocycles. The van der Waals surface area contributed by atoms with Crippen molar-refractivity contribution in [1.82, 2.24) is 9.55 Å². The summed E-state index contributed by atoms with van der Waals surface area (Å²) in [5.74, 6) is 3.05. The third kappa shape index (κ3) is 5.39. The molecule has 0 amide bonds. The predicted octanol–water partition coefficient (Wildman–Crippen LogP) is 5.92. The molecule has 0 bridgehead atoms. The van der Waals surface area contributed by atoms with Crippen LogP contribution in [0.25, 0.3) is 16.9 Å². The van der Waals surface area contributed by atoms with E-state index in [0.29, 0.717) is 35.8 Å². The van der Waals surface area contributed by atoms with Crippen molar-refractivity contribution in [3.63, 3.8) is 0 Å². The maximum atomic E-state index is 13.9. The van der Waals surface area contributed by atoms with Crippen LogP contribution in [0, 0.1) is 30.5 Å². The highest BCUT2D eigenvalue weighted by molar-refractivity contribution is 5.81. The number of hydrogen-bond acceptors (Lipinski definition) is 4. The van der Waals surface area contributed by atoms with E-state index in [0.717, 1.165) is 59.1 Å². The summed E-state index contributed by atoms with van der Waals surface area (Å²) in [6, 6.07) is 15.4. The number of benzene rings is 2. The zero-order valence-electron chi connectivity index (χ0n) is 23.6. The van der Waals surface area contributed by atoms with Gasteiger partial charge in [-0.15, -0.1) is 0 Å². The monoisotopic (exact) mass is 541 g/mol. The number of carbonyl (C=O) groups excluding carboxylic acids is 1. The molecule has 6 nitrogen and oxygen atoms in total. The van der Waals surface area contributed by atoms with E-state index < -0.39 is 0 Å². The SMILES string of the molecule is COC1=CC([N+]2(C)CCC(CC(=O)Cc3nc(-c4ccc(F)c(C)c4)cn3-c3ccccc3)CC2)C2CC2C=N1. The number of likely N-dealkylation sites (N-methyl/N-ethyl adjacent to an activating group) is 1. The first-order valence-corrected chi connectivity index (χ1v) is 14.4. The lowest BCUT2D eigenvalue weighted by Crippen LogP contribution is -2.57. The van der Waals surface area contributed by atoms with Crippen LogP contribution in [0.15, 0.2) is 71.7 Å². The van der Waals surface area contributed by atoms with Crippen LogP contribution in [0.1, 0.15) is 37.1 Å². The Bertz CT molecular complexity index is 1450. The van der Waals surface area contributed by atoms with Crippen molar-refractivity contribution in [1.29, 1.82) is 0 Å². The number of imidazole rings is 1. The molecule has 40 heavy (non-hydrogen) atoms. The number of Topliss-reactive ketones (excluding diaryl/α,β-unsaturated/α-hetero) is 1. The number of fused-ring (bicyclic) bond motifs is 1. The van der Waals surface area contributed by atoms with Gasteiger partial charge in [-0.05, 0) is 55.2 Å². The molecule has 208 valence electrons. The van der Waals surface area contributed by atoms with Gasteiger partial charge in [-0.25, -0.2) is 14.4 Å². The zero-order chi connectivity index (χ0) is 27.9. The summed E-state index contributed by atoms with van der Waals surface area (Å²) in [4.78, 5) is 22.8. The largest absolute Gasteiger partial charge is 0.481 e. The van der Waals surface area contributed by atoms with E-state index in [1.807, 2.05) is 47.2 Å². The molecule has 3 unspecified atom stereocenters. The van der Waals surface area contributed by atoms with E-state index in [2.05, 4.69) is 24.3 Å². The molecule has 2 aromatic carbocycles. The van der Waals surface area contributed by atoms with Crippen molar-refractivity contribution in [2.45, 2.75) is 45.1 Å². The summed E-state index contributed by atoms with van der Waals surface area (Å²) in [6.07, 6.45) is 10.4. The van der Waals surface area contributed by atoms with Crippen molar-refractivity contribution >= 4 is 12.0 Å². The Labute approximate surface area is 235 Å². The van der Waals surface area contributed by atoms with Crippen LogP contribution in [0.2, 0.25) is 0 Å². The van der Waals surface area contributed by atoms with E-state index in [4.69, 9.17) is 9.72 Å². The highest BCUT2D eigenvalue weighted by atomic mass is 19.1. The minimum absolute atomic E-state index is 0.220. The standard InChI is InChI=1S/C33H38FN4O2/c1-22-15-24(9-10-29(22)34)30-21-37(26-7-5-4-6-8-26)32(36-30)18-27(39)16-23-11-13-38(2,14-12-23)31-19-33(40-3)35-20-25-17-28(25)31/h4-10,15,19-21,23,25,28,31H,11-14,16-18H2,1-3H3/q+1. The number of aryl methyl sites for hydroxylation is 1. The normalized spacial score (nSPS) is 27.4. The molecule has 1 aliphatic carbocycles. The molecule has 1 aromatic heterocycles. The molecule has 6 rings (SSSR count). The van der Waals surface area contributed by atoms with E-state index >= 15 is 0 Å². The predicted molar refractivity (Wildman–Crippen MR) is 155 cm³/mol. The summed E-state index contributed by atoms with van der Waals surface area (Å²) in [7, 11) is 4.06. The fraction of sp³-hybridized carbons (Fsp3) is 0.424. The quantitative estimate of drug-likeness (QED) is 0.333.